The summed E-state index contributed by atoms with van der Waals surface area (Å²) in [4.78, 5) is 11.9. The Morgan fingerprint density at radius 3 is 2.20 bits per heavy atom. The van der Waals surface area contributed by atoms with E-state index in [1.807, 2.05) is 0 Å². The Morgan fingerprint density at radius 1 is 0.886 bits per heavy atom. The van der Waals surface area contributed by atoms with Crippen molar-refractivity contribution in [1.29, 1.82) is 0 Å². The molecule has 4 saturated carbocycles. The number of allylic oxidation sites excluding steroid dienone is 2. The number of aliphatic hydroxyl groups excluding tert-OH is 1. The van der Waals surface area contributed by atoms with Gasteiger partial charge in [0, 0.05) is 12.3 Å². The van der Waals surface area contributed by atoms with Crippen molar-refractivity contribution in [2.24, 2.45) is 50.2 Å². The molecular weight excluding hydrogens is 432 g/mol. The van der Waals surface area contributed by atoms with Crippen LogP contribution in [0.1, 0.15) is 120 Å². The van der Waals surface area contributed by atoms with Gasteiger partial charge in [0.05, 0.1) is 6.10 Å². The van der Waals surface area contributed by atoms with Crippen LogP contribution >= 0.6 is 0 Å². The third-order valence-corrected chi connectivity index (χ3v) is 13.1. The van der Waals surface area contributed by atoms with E-state index in [0.717, 1.165) is 19.3 Å². The molecule has 3 heteroatoms. The molecule has 0 bridgehead atoms. The lowest BCUT2D eigenvalue weighted by Gasteiger charge is -2.73. The normalized spacial score (nSPS) is 52.2. The smallest absolute Gasteiger partial charge is 0.302 e. The van der Waals surface area contributed by atoms with Gasteiger partial charge in [-0.2, -0.15) is 0 Å². The standard InChI is InChI=1S/C32H52O3/c1-20(33)35-25-12-13-30(7)24-11-10-21-22-18-27(2,3)14-15-29(22,6)16-17-31(21,8)32(24,9)19-23(34)26(30)28(25,4)5/h18,21,23-26,34H,10-17,19H2,1-9H3/t21?,23-,24?,25+,26?,29-,30-,31-,32-/m1/s1. The van der Waals surface area contributed by atoms with Crippen molar-refractivity contribution < 1.29 is 14.6 Å². The van der Waals surface area contributed by atoms with E-state index in [9.17, 15) is 9.90 Å². The van der Waals surface area contributed by atoms with Crippen molar-refractivity contribution in [3.63, 3.8) is 0 Å². The topological polar surface area (TPSA) is 46.5 Å². The van der Waals surface area contributed by atoms with Crippen LogP contribution in [0.4, 0.5) is 0 Å². The van der Waals surface area contributed by atoms with Gasteiger partial charge in [0.1, 0.15) is 6.10 Å². The zero-order valence-electron chi connectivity index (χ0n) is 24.1. The minimum Gasteiger partial charge on any atom is -0.462 e. The molecule has 5 aliphatic rings. The van der Waals surface area contributed by atoms with E-state index >= 15 is 0 Å². The SMILES string of the molecule is CC(=O)O[C@H]1CC[C@@]2(C)C([C@H](O)C[C@]3(C)C2CCC2C4=CC(C)(C)CC[C@]4(C)CC[C@]23C)C1(C)C. The maximum Gasteiger partial charge on any atom is 0.302 e. The highest BCUT2D eigenvalue weighted by atomic mass is 16.5. The molecular formula is C32H52O3. The molecule has 35 heavy (non-hydrogen) atoms. The van der Waals surface area contributed by atoms with Gasteiger partial charge in [0.2, 0.25) is 0 Å². The van der Waals surface area contributed by atoms with Gasteiger partial charge in [-0.05, 0) is 103 Å². The number of hydrogen-bond donors (Lipinski definition) is 1. The first kappa shape index (κ1) is 25.8. The number of aliphatic hydroxyl groups is 1. The molecule has 0 amide bonds. The first-order valence-corrected chi connectivity index (χ1v) is 14.6. The van der Waals surface area contributed by atoms with Crippen molar-refractivity contribution in [2.45, 2.75) is 132 Å². The first-order valence-electron chi connectivity index (χ1n) is 14.6. The Bertz CT molecular complexity index is 931. The fourth-order valence-corrected chi connectivity index (χ4v) is 11.2. The summed E-state index contributed by atoms with van der Waals surface area (Å²) in [5.41, 5.74) is 2.62. The molecule has 0 radical (unpaired) electrons. The molecule has 9 atom stereocenters. The lowest BCUT2D eigenvalue weighted by Crippen LogP contribution is -2.69. The van der Waals surface area contributed by atoms with Crippen molar-refractivity contribution in [1.82, 2.24) is 0 Å². The molecule has 0 spiro atoms. The summed E-state index contributed by atoms with van der Waals surface area (Å²) in [5.74, 6) is 1.21. The predicted molar refractivity (Wildman–Crippen MR) is 142 cm³/mol. The summed E-state index contributed by atoms with van der Waals surface area (Å²) >= 11 is 0. The molecule has 0 saturated heterocycles. The monoisotopic (exact) mass is 484 g/mol. The molecule has 3 nitrogen and oxygen atoms in total. The molecule has 0 aliphatic heterocycles. The highest BCUT2D eigenvalue weighted by Crippen LogP contribution is 2.76. The second-order valence-corrected chi connectivity index (χ2v) is 15.9. The molecule has 5 rings (SSSR count). The van der Waals surface area contributed by atoms with Crippen LogP contribution in [0.3, 0.4) is 0 Å². The summed E-state index contributed by atoms with van der Waals surface area (Å²) < 4.78 is 5.85. The Hall–Kier alpha value is -0.830. The van der Waals surface area contributed by atoms with Gasteiger partial charge in [0.25, 0.3) is 0 Å². The largest absolute Gasteiger partial charge is 0.462 e. The van der Waals surface area contributed by atoms with E-state index in [4.69, 9.17) is 4.74 Å². The van der Waals surface area contributed by atoms with Gasteiger partial charge in [-0.25, -0.2) is 0 Å². The van der Waals surface area contributed by atoms with Crippen molar-refractivity contribution in [3.05, 3.63) is 11.6 Å². The van der Waals surface area contributed by atoms with E-state index < -0.39 is 0 Å². The van der Waals surface area contributed by atoms with Gasteiger partial charge >= 0.3 is 5.97 Å². The van der Waals surface area contributed by atoms with Crippen molar-refractivity contribution in [3.8, 4) is 0 Å². The van der Waals surface area contributed by atoms with Crippen LogP contribution in [0.2, 0.25) is 0 Å². The molecule has 3 unspecified atom stereocenters. The molecule has 198 valence electrons. The number of hydrogen-bond acceptors (Lipinski definition) is 3. The Balaban J connectivity index is 1.55. The Labute approximate surface area is 214 Å². The van der Waals surface area contributed by atoms with Crippen LogP contribution in [0.15, 0.2) is 11.6 Å². The average molecular weight is 485 g/mol. The summed E-state index contributed by atoms with van der Waals surface area (Å²) in [5, 5.41) is 12.0. The lowest BCUT2D eigenvalue weighted by molar-refractivity contribution is -0.264. The number of ether oxygens (including phenoxy) is 1. The highest BCUT2D eigenvalue weighted by Gasteiger charge is 2.71. The molecule has 4 fully saturated rings. The fraction of sp³-hybridized carbons (Fsp3) is 0.906. The molecule has 1 N–H and O–H groups in total. The van der Waals surface area contributed by atoms with E-state index in [2.05, 4.69) is 61.5 Å². The van der Waals surface area contributed by atoms with Crippen LogP contribution in [0.5, 0.6) is 0 Å². The van der Waals surface area contributed by atoms with Gasteiger partial charge in [0.15, 0.2) is 0 Å². The van der Waals surface area contributed by atoms with Gasteiger partial charge in [-0.3, -0.25) is 4.79 Å². The number of esters is 1. The predicted octanol–water partition coefficient (Wildman–Crippen LogP) is 7.71. The molecule has 0 aromatic heterocycles. The third kappa shape index (κ3) is 3.41. The third-order valence-electron chi connectivity index (χ3n) is 13.1. The van der Waals surface area contributed by atoms with Crippen LogP contribution in [0, 0.1) is 50.2 Å². The van der Waals surface area contributed by atoms with Crippen LogP contribution in [-0.2, 0) is 9.53 Å². The van der Waals surface area contributed by atoms with Crippen LogP contribution in [-0.4, -0.2) is 23.3 Å². The number of fused-ring (bicyclic) bond motifs is 7. The first-order chi connectivity index (χ1) is 16.0. The van der Waals surface area contributed by atoms with Crippen molar-refractivity contribution >= 4 is 5.97 Å². The van der Waals surface area contributed by atoms with E-state index in [-0.39, 0.29) is 45.8 Å². The fourth-order valence-electron chi connectivity index (χ4n) is 11.2. The van der Waals surface area contributed by atoms with E-state index in [1.165, 1.54) is 45.4 Å². The van der Waals surface area contributed by atoms with Gasteiger partial charge in [-0.15, -0.1) is 0 Å². The maximum absolute atomic E-state index is 12.0. The Kier molecular flexibility index (Phi) is 5.61. The number of carbonyl (C=O) groups excluding carboxylic acids is 1. The Morgan fingerprint density at radius 2 is 1.54 bits per heavy atom. The molecule has 0 aromatic rings. The second-order valence-electron chi connectivity index (χ2n) is 15.9. The van der Waals surface area contributed by atoms with Crippen molar-refractivity contribution in [2.75, 3.05) is 0 Å². The van der Waals surface area contributed by atoms with E-state index in [1.54, 1.807) is 5.57 Å². The highest BCUT2D eigenvalue weighted by molar-refractivity contribution is 5.66. The van der Waals surface area contributed by atoms with Crippen LogP contribution in [0.25, 0.3) is 0 Å². The van der Waals surface area contributed by atoms with E-state index in [0.29, 0.717) is 22.7 Å². The minimum absolute atomic E-state index is 0.0709. The number of carbonyl (C=O) groups is 1. The number of rotatable bonds is 1. The maximum atomic E-state index is 12.0. The van der Waals surface area contributed by atoms with Crippen LogP contribution < -0.4 is 0 Å². The zero-order chi connectivity index (χ0) is 25.8. The summed E-state index contributed by atoms with van der Waals surface area (Å²) in [7, 11) is 0. The summed E-state index contributed by atoms with van der Waals surface area (Å²) in [6.45, 7) is 21.1. The second kappa shape index (κ2) is 7.61. The summed E-state index contributed by atoms with van der Waals surface area (Å²) in [6.07, 6.45) is 12.8. The zero-order valence-corrected chi connectivity index (χ0v) is 24.1. The minimum atomic E-state index is -0.352. The van der Waals surface area contributed by atoms with Gasteiger partial charge < -0.3 is 9.84 Å². The quantitative estimate of drug-likeness (QED) is 0.306. The molecule has 0 aromatic carbocycles. The molecule has 5 aliphatic carbocycles. The average Bonchev–Trinajstić information content (AvgIpc) is 2.71. The summed E-state index contributed by atoms with van der Waals surface area (Å²) in [6, 6.07) is 0. The molecule has 0 heterocycles. The lowest BCUT2D eigenvalue weighted by atomic mass is 9.32. The van der Waals surface area contributed by atoms with Gasteiger partial charge in [-0.1, -0.05) is 67.0 Å².